The van der Waals surface area contributed by atoms with E-state index in [0.29, 0.717) is 0 Å². The van der Waals surface area contributed by atoms with E-state index >= 15 is 0 Å². The van der Waals surface area contributed by atoms with E-state index in [2.05, 4.69) is 0 Å². The van der Waals surface area contributed by atoms with Crippen LogP contribution in [0.3, 0.4) is 0 Å². The highest BCUT2D eigenvalue weighted by atomic mass is 19.1. The van der Waals surface area contributed by atoms with Gasteiger partial charge in [0.1, 0.15) is 11.5 Å². The summed E-state index contributed by atoms with van der Waals surface area (Å²) in [7, 11) is 0. The number of halogens is 1. The highest BCUT2D eigenvalue weighted by Crippen LogP contribution is 2.09. The zero-order valence-electron chi connectivity index (χ0n) is 8.11. The number of hydrogen-bond donors (Lipinski definition) is 2. The van der Waals surface area contributed by atoms with Crippen molar-refractivity contribution in [2.75, 3.05) is 5.73 Å². The Morgan fingerprint density at radius 2 is 1.94 bits per heavy atom. The molecule has 0 saturated carbocycles. The molecule has 0 atom stereocenters. The molecule has 0 bridgehead atoms. The number of H-pyrrole nitrogens is 1. The van der Waals surface area contributed by atoms with Gasteiger partial charge < -0.3 is 5.73 Å². The number of nitrogens with two attached hydrogens (primary N) is 1. The molecule has 0 amide bonds. The first-order chi connectivity index (χ1) is 7.59. The molecule has 2 rings (SSSR count). The molecule has 5 nitrogen and oxygen atoms in total. The van der Waals surface area contributed by atoms with E-state index < -0.39 is 17.1 Å². The summed E-state index contributed by atoms with van der Waals surface area (Å²) in [6.07, 6.45) is 1.10. The van der Waals surface area contributed by atoms with Gasteiger partial charge >= 0.3 is 5.69 Å². The van der Waals surface area contributed by atoms with Gasteiger partial charge in [-0.15, -0.1) is 0 Å². The van der Waals surface area contributed by atoms with Crippen molar-refractivity contribution in [3.05, 3.63) is 57.1 Å². The Morgan fingerprint density at radius 1 is 1.25 bits per heavy atom. The molecule has 16 heavy (non-hydrogen) atoms. The molecule has 0 aliphatic heterocycles. The Bertz CT molecular complexity index is 645. The smallest absolute Gasteiger partial charge is 0.333 e. The van der Waals surface area contributed by atoms with Crippen molar-refractivity contribution in [1.29, 1.82) is 0 Å². The van der Waals surface area contributed by atoms with E-state index in [-0.39, 0.29) is 11.4 Å². The molecule has 1 heterocycles. The largest absolute Gasteiger partial charge is 0.393 e. The topological polar surface area (TPSA) is 80.9 Å². The number of para-hydroxylation sites is 1. The normalized spacial score (nSPS) is 10.3. The molecule has 3 N–H and O–H groups in total. The van der Waals surface area contributed by atoms with Crippen LogP contribution in [0.15, 0.2) is 40.1 Å². The zero-order valence-corrected chi connectivity index (χ0v) is 8.11. The maximum Gasteiger partial charge on any atom is 0.333 e. The van der Waals surface area contributed by atoms with E-state index in [1.807, 2.05) is 4.98 Å². The quantitative estimate of drug-likeness (QED) is 0.724. The minimum atomic E-state index is -0.732. The molecular formula is C10H8FN3O2. The van der Waals surface area contributed by atoms with Crippen molar-refractivity contribution >= 4 is 5.69 Å². The molecule has 0 aliphatic carbocycles. The van der Waals surface area contributed by atoms with E-state index in [1.54, 1.807) is 6.07 Å². The summed E-state index contributed by atoms with van der Waals surface area (Å²) < 4.78 is 14.3. The summed E-state index contributed by atoms with van der Waals surface area (Å²) in [6, 6.07) is 5.70. The maximum absolute atomic E-state index is 13.4. The molecule has 0 radical (unpaired) electrons. The zero-order chi connectivity index (χ0) is 11.7. The third-order valence-corrected chi connectivity index (χ3v) is 2.08. The van der Waals surface area contributed by atoms with Gasteiger partial charge in [-0.25, -0.2) is 9.18 Å². The van der Waals surface area contributed by atoms with Crippen LogP contribution in [-0.2, 0) is 0 Å². The number of nitrogen functional groups attached to an aromatic ring is 1. The van der Waals surface area contributed by atoms with Crippen LogP contribution in [0.2, 0.25) is 0 Å². The van der Waals surface area contributed by atoms with Crippen molar-refractivity contribution in [2.24, 2.45) is 0 Å². The fraction of sp³-hybridized carbons (Fsp3) is 0. The fourth-order valence-electron chi connectivity index (χ4n) is 1.31. The number of nitrogens with one attached hydrogen (secondary N) is 1. The minimum absolute atomic E-state index is 0.0375. The number of nitrogens with zero attached hydrogens (tertiary/aromatic N) is 1. The molecule has 1 aromatic carbocycles. The Morgan fingerprint density at radius 3 is 2.62 bits per heavy atom. The molecule has 1 aromatic heterocycles. The van der Waals surface area contributed by atoms with Gasteiger partial charge in [-0.1, -0.05) is 12.1 Å². The van der Waals surface area contributed by atoms with Crippen molar-refractivity contribution in [2.45, 2.75) is 0 Å². The summed E-state index contributed by atoms with van der Waals surface area (Å²) >= 11 is 0. The van der Waals surface area contributed by atoms with Crippen molar-refractivity contribution in [3.63, 3.8) is 0 Å². The van der Waals surface area contributed by atoms with E-state index in [9.17, 15) is 14.0 Å². The highest BCUT2D eigenvalue weighted by molar-refractivity contribution is 5.38. The molecule has 0 spiro atoms. The predicted molar refractivity (Wildman–Crippen MR) is 57.0 cm³/mol. The Hall–Kier alpha value is -2.37. The first-order valence-corrected chi connectivity index (χ1v) is 4.46. The molecular weight excluding hydrogens is 213 g/mol. The lowest BCUT2D eigenvalue weighted by molar-refractivity contribution is 0.614. The van der Waals surface area contributed by atoms with Crippen molar-refractivity contribution < 1.29 is 4.39 Å². The first kappa shape index (κ1) is 10.2. The third-order valence-electron chi connectivity index (χ3n) is 2.08. The standard InChI is InChI=1S/C10H8FN3O2/c11-6-3-1-2-4-8(6)14-5-7(12)9(15)13-10(14)16/h1-5H,12H2,(H,13,15,16). The van der Waals surface area contributed by atoms with Gasteiger partial charge in [0.15, 0.2) is 0 Å². The van der Waals surface area contributed by atoms with E-state index in [4.69, 9.17) is 5.73 Å². The van der Waals surface area contributed by atoms with Crippen LogP contribution in [0.1, 0.15) is 0 Å². The lowest BCUT2D eigenvalue weighted by Gasteiger charge is -2.06. The number of benzene rings is 1. The maximum atomic E-state index is 13.4. The lowest BCUT2D eigenvalue weighted by atomic mass is 10.3. The monoisotopic (exact) mass is 221 g/mol. The minimum Gasteiger partial charge on any atom is -0.393 e. The summed E-state index contributed by atoms with van der Waals surface area (Å²) in [5, 5.41) is 0. The second kappa shape index (κ2) is 3.65. The van der Waals surface area contributed by atoms with Crippen molar-refractivity contribution in [1.82, 2.24) is 9.55 Å². The van der Waals surface area contributed by atoms with Crippen LogP contribution in [0, 0.1) is 5.82 Å². The summed E-state index contributed by atoms with van der Waals surface area (Å²) in [6.45, 7) is 0. The van der Waals surface area contributed by atoms with Gasteiger partial charge in [0.25, 0.3) is 5.56 Å². The molecule has 0 saturated heterocycles. The Labute approximate surface area is 89.0 Å². The highest BCUT2D eigenvalue weighted by Gasteiger charge is 2.07. The lowest BCUT2D eigenvalue weighted by Crippen LogP contribution is -2.30. The van der Waals surface area contributed by atoms with Gasteiger partial charge in [0.2, 0.25) is 0 Å². The number of aromatic nitrogens is 2. The first-order valence-electron chi connectivity index (χ1n) is 4.46. The van der Waals surface area contributed by atoms with Gasteiger partial charge in [0, 0.05) is 6.20 Å². The third kappa shape index (κ3) is 1.60. The van der Waals surface area contributed by atoms with Crippen LogP contribution in [0.4, 0.5) is 10.1 Å². The number of rotatable bonds is 1. The molecule has 0 fully saturated rings. The average Bonchev–Trinajstić information content (AvgIpc) is 2.25. The summed E-state index contributed by atoms with van der Waals surface area (Å²) in [5.74, 6) is -0.573. The fourth-order valence-corrected chi connectivity index (χ4v) is 1.31. The average molecular weight is 221 g/mol. The van der Waals surface area contributed by atoms with Gasteiger partial charge in [-0.3, -0.25) is 14.3 Å². The van der Waals surface area contributed by atoms with E-state index in [0.717, 1.165) is 10.8 Å². The van der Waals surface area contributed by atoms with Gasteiger partial charge in [0.05, 0.1) is 5.69 Å². The van der Waals surface area contributed by atoms with Crippen molar-refractivity contribution in [3.8, 4) is 5.69 Å². The van der Waals surface area contributed by atoms with Crippen LogP contribution >= 0.6 is 0 Å². The molecule has 6 heteroatoms. The molecule has 2 aromatic rings. The Balaban J connectivity index is 2.75. The second-order valence-corrected chi connectivity index (χ2v) is 3.17. The SMILES string of the molecule is Nc1cn(-c2ccccc2F)c(=O)[nH]c1=O. The molecule has 0 aliphatic rings. The number of anilines is 1. The van der Waals surface area contributed by atoms with Gasteiger partial charge in [-0.05, 0) is 12.1 Å². The van der Waals surface area contributed by atoms with E-state index in [1.165, 1.54) is 18.2 Å². The number of hydrogen-bond acceptors (Lipinski definition) is 3. The second-order valence-electron chi connectivity index (χ2n) is 3.17. The molecule has 82 valence electrons. The predicted octanol–water partition coefficient (Wildman–Crippen LogP) is 0.247. The van der Waals surface area contributed by atoms with Gasteiger partial charge in [-0.2, -0.15) is 0 Å². The van der Waals surface area contributed by atoms with Crippen LogP contribution in [0.25, 0.3) is 5.69 Å². The number of aromatic amines is 1. The Kier molecular flexibility index (Phi) is 2.32. The summed E-state index contributed by atoms with van der Waals surface area (Å²) in [4.78, 5) is 24.4. The van der Waals surface area contributed by atoms with Crippen LogP contribution in [0.5, 0.6) is 0 Å². The van der Waals surface area contributed by atoms with Crippen LogP contribution < -0.4 is 17.0 Å². The summed E-state index contributed by atoms with van der Waals surface area (Å²) in [5.41, 5.74) is 3.82. The molecule has 0 unspecified atom stereocenters. The van der Waals surface area contributed by atoms with Crippen LogP contribution in [-0.4, -0.2) is 9.55 Å².